The summed E-state index contributed by atoms with van der Waals surface area (Å²) in [4.78, 5) is 26.1. The summed E-state index contributed by atoms with van der Waals surface area (Å²) >= 11 is 0. The van der Waals surface area contributed by atoms with E-state index in [1.165, 1.54) is 0 Å². The van der Waals surface area contributed by atoms with E-state index in [9.17, 15) is 9.59 Å². The monoisotopic (exact) mass is 397 g/mol. The highest BCUT2D eigenvalue weighted by Gasteiger charge is 2.16. The maximum absolute atomic E-state index is 12.2. The van der Waals surface area contributed by atoms with Gasteiger partial charge in [-0.1, -0.05) is 24.6 Å². The quantitative estimate of drug-likeness (QED) is 0.705. The summed E-state index contributed by atoms with van der Waals surface area (Å²) < 4.78 is 1.91. The zero-order chi connectivity index (χ0) is 20.6. The number of aromatic nitrogens is 2. The molecule has 3 amide bonds. The summed E-state index contributed by atoms with van der Waals surface area (Å²) in [6.45, 7) is 6.51. The van der Waals surface area contributed by atoms with Crippen molar-refractivity contribution in [2.45, 2.75) is 52.5 Å². The minimum Gasteiger partial charge on any atom is -0.343 e. The standard InChI is InChI=1S/C22H31N5O2/c1-17-20(18(2)27(25-17)19-10-5-3-6-11-19)16-24-22(29)23-13-9-15-26-14-8-4-7-12-21(26)28/h3,5-6,10-11H,4,7-9,12-16H2,1-2H3,(H2,23,24,29). The van der Waals surface area contributed by atoms with Gasteiger partial charge in [0, 0.05) is 43.9 Å². The summed E-state index contributed by atoms with van der Waals surface area (Å²) in [7, 11) is 0. The third-order valence-corrected chi connectivity index (χ3v) is 5.43. The van der Waals surface area contributed by atoms with Crippen LogP contribution in [0.3, 0.4) is 0 Å². The van der Waals surface area contributed by atoms with Crippen LogP contribution in [0.5, 0.6) is 0 Å². The van der Waals surface area contributed by atoms with Crippen LogP contribution in [0.4, 0.5) is 4.79 Å². The van der Waals surface area contributed by atoms with E-state index in [0.29, 0.717) is 26.1 Å². The van der Waals surface area contributed by atoms with Gasteiger partial charge in [0.25, 0.3) is 0 Å². The summed E-state index contributed by atoms with van der Waals surface area (Å²) in [6.07, 6.45) is 4.62. The van der Waals surface area contributed by atoms with Gasteiger partial charge in [-0.3, -0.25) is 4.79 Å². The molecule has 0 unspecified atom stereocenters. The van der Waals surface area contributed by atoms with Crippen molar-refractivity contribution >= 4 is 11.9 Å². The Hall–Kier alpha value is -2.83. The van der Waals surface area contributed by atoms with Crippen molar-refractivity contribution < 1.29 is 9.59 Å². The van der Waals surface area contributed by atoms with Crippen molar-refractivity contribution in [1.82, 2.24) is 25.3 Å². The fraction of sp³-hybridized carbons (Fsp3) is 0.500. The molecule has 0 aliphatic carbocycles. The molecule has 2 heterocycles. The molecule has 1 aromatic heterocycles. The number of carbonyl (C=O) groups is 2. The molecular weight excluding hydrogens is 366 g/mol. The number of carbonyl (C=O) groups excluding carboxylic acids is 2. The Morgan fingerprint density at radius 1 is 1.10 bits per heavy atom. The predicted molar refractivity (Wildman–Crippen MR) is 113 cm³/mol. The Labute approximate surface area is 172 Å². The van der Waals surface area contributed by atoms with Crippen LogP contribution in [-0.2, 0) is 11.3 Å². The molecule has 1 aliphatic rings. The molecule has 0 radical (unpaired) electrons. The van der Waals surface area contributed by atoms with Gasteiger partial charge in [0.2, 0.25) is 5.91 Å². The first kappa shape index (κ1) is 20.9. The largest absolute Gasteiger partial charge is 0.343 e. The fourth-order valence-electron chi connectivity index (χ4n) is 3.73. The molecule has 156 valence electrons. The minimum absolute atomic E-state index is 0.196. The van der Waals surface area contributed by atoms with E-state index >= 15 is 0 Å². The lowest BCUT2D eigenvalue weighted by Gasteiger charge is -2.20. The van der Waals surface area contributed by atoms with E-state index in [4.69, 9.17) is 0 Å². The lowest BCUT2D eigenvalue weighted by Crippen LogP contribution is -2.38. The number of nitrogens with one attached hydrogen (secondary N) is 2. The lowest BCUT2D eigenvalue weighted by atomic mass is 10.2. The molecular formula is C22H31N5O2. The molecule has 1 aromatic carbocycles. The van der Waals surface area contributed by atoms with Gasteiger partial charge in [-0.25, -0.2) is 9.48 Å². The van der Waals surface area contributed by atoms with Crippen molar-refractivity contribution in [3.05, 3.63) is 47.3 Å². The van der Waals surface area contributed by atoms with Gasteiger partial charge >= 0.3 is 6.03 Å². The van der Waals surface area contributed by atoms with Crippen molar-refractivity contribution in [3.8, 4) is 5.69 Å². The Kier molecular flexibility index (Phi) is 7.27. The number of rotatable bonds is 7. The van der Waals surface area contributed by atoms with E-state index < -0.39 is 0 Å². The molecule has 3 rings (SSSR count). The highest BCUT2D eigenvalue weighted by atomic mass is 16.2. The average Bonchev–Trinajstić information content (AvgIpc) is 2.87. The fourth-order valence-corrected chi connectivity index (χ4v) is 3.73. The maximum atomic E-state index is 12.2. The minimum atomic E-state index is -0.196. The van der Waals surface area contributed by atoms with Crippen LogP contribution in [0.15, 0.2) is 30.3 Å². The number of benzene rings is 1. The van der Waals surface area contributed by atoms with Gasteiger partial charge in [0.15, 0.2) is 0 Å². The van der Waals surface area contributed by atoms with Crippen LogP contribution < -0.4 is 10.6 Å². The lowest BCUT2D eigenvalue weighted by molar-refractivity contribution is -0.130. The summed E-state index contributed by atoms with van der Waals surface area (Å²) in [6, 6.07) is 9.77. The van der Waals surface area contributed by atoms with Gasteiger partial charge in [-0.05, 0) is 45.2 Å². The van der Waals surface area contributed by atoms with Gasteiger partial charge in [-0.15, -0.1) is 0 Å². The van der Waals surface area contributed by atoms with Crippen molar-refractivity contribution in [2.75, 3.05) is 19.6 Å². The third-order valence-electron chi connectivity index (χ3n) is 5.43. The first-order chi connectivity index (χ1) is 14.1. The van der Waals surface area contributed by atoms with Gasteiger partial charge in [0.1, 0.15) is 0 Å². The number of aryl methyl sites for hydroxylation is 1. The first-order valence-electron chi connectivity index (χ1n) is 10.5. The topological polar surface area (TPSA) is 79.3 Å². The van der Waals surface area contributed by atoms with Crippen LogP contribution in [0.1, 0.15) is 49.1 Å². The number of para-hydroxylation sites is 1. The molecule has 2 aromatic rings. The summed E-state index contributed by atoms with van der Waals surface area (Å²) in [5.41, 5.74) is 3.96. The number of likely N-dealkylation sites (tertiary alicyclic amines) is 1. The number of amides is 3. The molecule has 0 bridgehead atoms. The van der Waals surface area contributed by atoms with Crippen molar-refractivity contribution in [3.63, 3.8) is 0 Å². The molecule has 7 heteroatoms. The SMILES string of the molecule is Cc1nn(-c2ccccc2)c(C)c1CNC(=O)NCCCN1CCCCCC1=O. The van der Waals surface area contributed by atoms with Gasteiger partial charge in [-0.2, -0.15) is 5.10 Å². The zero-order valence-corrected chi connectivity index (χ0v) is 17.4. The van der Waals surface area contributed by atoms with Gasteiger partial charge in [0.05, 0.1) is 11.4 Å². The predicted octanol–water partition coefficient (Wildman–Crippen LogP) is 3.08. The molecule has 1 aliphatic heterocycles. The zero-order valence-electron chi connectivity index (χ0n) is 17.4. The van der Waals surface area contributed by atoms with Crippen molar-refractivity contribution in [1.29, 1.82) is 0 Å². The van der Waals surface area contributed by atoms with Crippen molar-refractivity contribution in [2.24, 2.45) is 0 Å². The second-order valence-corrected chi connectivity index (χ2v) is 7.55. The summed E-state index contributed by atoms with van der Waals surface area (Å²) in [5, 5.41) is 10.4. The summed E-state index contributed by atoms with van der Waals surface area (Å²) in [5.74, 6) is 0.244. The van der Waals surface area contributed by atoms with Crippen LogP contribution in [0.2, 0.25) is 0 Å². The normalized spacial score (nSPS) is 14.6. The number of urea groups is 1. The molecule has 0 saturated carbocycles. The molecule has 1 saturated heterocycles. The van der Waals surface area contributed by atoms with E-state index in [1.54, 1.807) is 0 Å². The smallest absolute Gasteiger partial charge is 0.315 e. The van der Waals surface area contributed by atoms with E-state index in [0.717, 1.165) is 54.9 Å². The number of hydrogen-bond acceptors (Lipinski definition) is 3. The molecule has 7 nitrogen and oxygen atoms in total. The first-order valence-corrected chi connectivity index (χ1v) is 10.5. The third kappa shape index (κ3) is 5.59. The number of hydrogen-bond donors (Lipinski definition) is 2. The second kappa shape index (κ2) is 10.1. The highest BCUT2D eigenvalue weighted by Crippen LogP contribution is 2.17. The Balaban J connectivity index is 1.44. The van der Waals surface area contributed by atoms with E-state index in [-0.39, 0.29) is 11.9 Å². The van der Waals surface area contributed by atoms with Crippen LogP contribution in [-0.4, -0.2) is 46.3 Å². The van der Waals surface area contributed by atoms with Gasteiger partial charge < -0.3 is 15.5 Å². The molecule has 0 spiro atoms. The Bertz CT molecular complexity index is 831. The van der Waals surface area contributed by atoms with E-state index in [1.807, 2.05) is 53.8 Å². The van der Waals surface area contributed by atoms with E-state index in [2.05, 4.69) is 15.7 Å². The van der Waals surface area contributed by atoms with Crippen LogP contribution >= 0.6 is 0 Å². The van der Waals surface area contributed by atoms with Crippen LogP contribution in [0.25, 0.3) is 5.69 Å². The Morgan fingerprint density at radius 3 is 2.69 bits per heavy atom. The molecule has 2 N–H and O–H groups in total. The average molecular weight is 398 g/mol. The number of nitrogens with zero attached hydrogens (tertiary/aromatic N) is 3. The molecule has 1 fully saturated rings. The second-order valence-electron chi connectivity index (χ2n) is 7.55. The maximum Gasteiger partial charge on any atom is 0.315 e. The molecule has 0 atom stereocenters. The highest BCUT2D eigenvalue weighted by molar-refractivity contribution is 5.76. The molecule has 29 heavy (non-hydrogen) atoms. The Morgan fingerprint density at radius 2 is 1.90 bits per heavy atom. The van der Waals surface area contributed by atoms with Crippen LogP contribution in [0, 0.1) is 13.8 Å².